The van der Waals surface area contributed by atoms with Crippen molar-refractivity contribution >= 4 is 16.9 Å². The zero-order valence-corrected chi connectivity index (χ0v) is 14.2. The van der Waals surface area contributed by atoms with E-state index >= 15 is 0 Å². The van der Waals surface area contributed by atoms with E-state index in [0.717, 1.165) is 34.7 Å². The fourth-order valence-electron chi connectivity index (χ4n) is 4.50. The largest absolute Gasteiger partial charge is 0.514 e. The maximum absolute atomic E-state index is 12.1. The summed E-state index contributed by atoms with van der Waals surface area (Å²) in [4.78, 5) is 12.1. The number of fused-ring (bicyclic) bond motifs is 6. The third kappa shape index (κ3) is 2.16. The third-order valence-corrected chi connectivity index (χ3v) is 5.39. The van der Waals surface area contributed by atoms with Gasteiger partial charge in [0, 0.05) is 21.9 Å². The number of phenolic OH excluding ortho intramolecular Hbond substituents is 1. The Labute approximate surface area is 141 Å². The summed E-state index contributed by atoms with van der Waals surface area (Å²) in [6, 6.07) is 7.55. The first kappa shape index (κ1) is 15.3. The quantitative estimate of drug-likeness (QED) is 0.617. The second-order valence-corrected chi connectivity index (χ2v) is 7.32. The van der Waals surface area contributed by atoms with Gasteiger partial charge in [0.05, 0.1) is 6.10 Å². The van der Waals surface area contributed by atoms with Gasteiger partial charge in [-0.3, -0.25) is 0 Å². The van der Waals surface area contributed by atoms with Crippen molar-refractivity contribution in [2.75, 3.05) is 0 Å². The number of benzene rings is 2. The van der Waals surface area contributed by atoms with Crippen LogP contribution in [0.2, 0.25) is 0 Å². The van der Waals surface area contributed by atoms with Crippen molar-refractivity contribution in [2.45, 2.75) is 51.6 Å². The molecule has 4 heteroatoms. The molecule has 2 aromatic rings. The molecule has 0 heterocycles. The van der Waals surface area contributed by atoms with Crippen molar-refractivity contribution < 1.29 is 19.4 Å². The average Bonchev–Trinajstić information content (AvgIpc) is 3.08. The second-order valence-electron chi connectivity index (χ2n) is 7.32. The van der Waals surface area contributed by atoms with E-state index in [4.69, 9.17) is 9.47 Å². The predicted molar refractivity (Wildman–Crippen MR) is 91.7 cm³/mol. The minimum Gasteiger partial charge on any atom is -0.507 e. The Morgan fingerprint density at radius 2 is 1.88 bits per heavy atom. The lowest BCUT2D eigenvalue weighted by Crippen LogP contribution is -2.18. The Kier molecular flexibility index (Phi) is 3.44. The summed E-state index contributed by atoms with van der Waals surface area (Å²) in [7, 11) is 0. The molecule has 1 fully saturated rings. The Morgan fingerprint density at radius 3 is 2.58 bits per heavy atom. The van der Waals surface area contributed by atoms with Crippen LogP contribution in [-0.4, -0.2) is 17.4 Å². The normalized spacial score (nSPS) is 24.4. The first-order chi connectivity index (χ1) is 11.5. The van der Waals surface area contributed by atoms with E-state index in [1.807, 2.05) is 24.3 Å². The number of carbonyl (C=O) groups excluding carboxylic acids is 1. The highest BCUT2D eigenvalue weighted by molar-refractivity contribution is 5.98. The van der Waals surface area contributed by atoms with Crippen molar-refractivity contribution in [2.24, 2.45) is 5.92 Å². The molecule has 1 N–H and O–H groups in total. The molecule has 0 radical (unpaired) electrons. The van der Waals surface area contributed by atoms with E-state index in [1.165, 1.54) is 0 Å². The van der Waals surface area contributed by atoms with E-state index in [2.05, 4.69) is 6.92 Å². The smallest absolute Gasteiger partial charge is 0.507 e. The summed E-state index contributed by atoms with van der Waals surface area (Å²) in [6.07, 6.45) is 1.19. The van der Waals surface area contributed by atoms with Gasteiger partial charge in [0.2, 0.25) is 0 Å². The van der Waals surface area contributed by atoms with E-state index in [9.17, 15) is 9.90 Å². The van der Waals surface area contributed by atoms with Gasteiger partial charge in [-0.1, -0.05) is 31.2 Å². The fourth-order valence-corrected chi connectivity index (χ4v) is 4.50. The molecule has 2 aliphatic carbocycles. The van der Waals surface area contributed by atoms with Gasteiger partial charge >= 0.3 is 6.16 Å². The van der Waals surface area contributed by atoms with E-state index in [-0.39, 0.29) is 6.10 Å². The summed E-state index contributed by atoms with van der Waals surface area (Å²) in [6.45, 7) is 5.82. The van der Waals surface area contributed by atoms with Crippen LogP contribution in [0.3, 0.4) is 0 Å². The monoisotopic (exact) mass is 326 g/mol. The SMILES string of the molecule is CC(C)OC(=O)Oc1c2c(c(O)c3ccccc13)C1CC2CC1C. The van der Waals surface area contributed by atoms with Crippen LogP contribution in [0.25, 0.3) is 10.8 Å². The Hall–Kier alpha value is -2.23. The molecular formula is C20H22O4. The summed E-state index contributed by atoms with van der Waals surface area (Å²) in [5, 5.41) is 12.4. The summed E-state index contributed by atoms with van der Waals surface area (Å²) < 4.78 is 10.8. The zero-order valence-electron chi connectivity index (χ0n) is 14.2. The molecule has 1 saturated carbocycles. The van der Waals surface area contributed by atoms with Gasteiger partial charge in [0.25, 0.3) is 0 Å². The number of carbonyl (C=O) groups is 1. The highest BCUT2D eigenvalue weighted by Gasteiger charge is 2.46. The highest BCUT2D eigenvalue weighted by atomic mass is 16.7. The van der Waals surface area contributed by atoms with Crippen molar-refractivity contribution in [3.8, 4) is 11.5 Å². The molecule has 4 nitrogen and oxygen atoms in total. The van der Waals surface area contributed by atoms with E-state index < -0.39 is 6.16 Å². The van der Waals surface area contributed by atoms with Crippen molar-refractivity contribution in [1.29, 1.82) is 0 Å². The van der Waals surface area contributed by atoms with Gasteiger partial charge in [-0.25, -0.2) is 4.79 Å². The summed E-state index contributed by atoms with van der Waals surface area (Å²) in [5.41, 5.74) is 1.99. The minimum absolute atomic E-state index is 0.231. The lowest BCUT2D eigenvalue weighted by Gasteiger charge is -2.25. The molecule has 2 aromatic carbocycles. The number of hydrogen-bond acceptors (Lipinski definition) is 4. The Bertz CT molecular complexity index is 824. The molecule has 0 saturated heterocycles. The van der Waals surface area contributed by atoms with Gasteiger partial charge in [-0.05, 0) is 44.4 Å². The average molecular weight is 326 g/mol. The first-order valence-corrected chi connectivity index (χ1v) is 8.63. The summed E-state index contributed by atoms with van der Waals surface area (Å²) >= 11 is 0. The molecule has 2 aliphatic rings. The van der Waals surface area contributed by atoms with Gasteiger partial charge in [0.15, 0.2) is 0 Å². The molecule has 3 atom stereocenters. The van der Waals surface area contributed by atoms with Crippen LogP contribution in [0.4, 0.5) is 4.79 Å². The molecule has 0 spiro atoms. The lowest BCUT2D eigenvalue weighted by molar-refractivity contribution is 0.0729. The third-order valence-electron chi connectivity index (χ3n) is 5.39. The van der Waals surface area contributed by atoms with Crippen molar-refractivity contribution in [3.63, 3.8) is 0 Å². The van der Waals surface area contributed by atoms with Crippen LogP contribution in [0, 0.1) is 5.92 Å². The summed E-state index contributed by atoms with van der Waals surface area (Å²) in [5.74, 6) is 2.16. The molecule has 24 heavy (non-hydrogen) atoms. The van der Waals surface area contributed by atoms with Crippen molar-refractivity contribution in [3.05, 3.63) is 35.4 Å². The molecule has 4 rings (SSSR count). The number of hydrogen-bond donors (Lipinski definition) is 1. The van der Waals surface area contributed by atoms with Gasteiger partial charge in [-0.15, -0.1) is 0 Å². The molecule has 126 valence electrons. The maximum atomic E-state index is 12.1. The molecule has 2 bridgehead atoms. The van der Waals surface area contributed by atoms with Crippen LogP contribution in [0.15, 0.2) is 24.3 Å². The predicted octanol–water partition coefficient (Wildman–Crippen LogP) is 5.08. The zero-order chi connectivity index (χ0) is 17.0. The molecule has 0 aliphatic heterocycles. The highest BCUT2D eigenvalue weighted by Crippen LogP contribution is 2.62. The number of rotatable bonds is 2. The van der Waals surface area contributed by atoms with E-state index in [1.54, 1.807) is 13.8 Å². The molecule has 0 aromatic heterocycles. The van der Waals surface area contributed by atoms with Gasteiger partial charge < -0.3 is 14.6 Å². The van der Waals surface area contributed by atoms with Gasteiger partial charge in [0.1, 0.15) is 11.5 Å². The first-order valence-electron chi connectivity index (χ1n) is 8.63. The van der Waals surface area contributed by atoms with Crippen molar-refractivity contribution in [1.82, 2.24) is 0 Å². The van der Waals surface area contributed by atoms with Gasteiger partial charge in [-0.2, -0.15) is 0 Å². The molecule has 3 unspecified atom stereocenters. The van der Waals surface area contributed by atoms with Crippen LogP contribution in [-0.2, 0) is 4.74 Å². The number of ether oxygens (including phenoxy) is 2. The van der Waals surface area contributed by atoms with Crippen LogP contribution in [0.1, 0.15) is 56.6 Å². The molecule has 0 amide bonds. The van der Waals surface area contributed by atoms with Crippen LogP contribution >= 0.6 is 0 Å². The minimum atomic E-state index is -0.682. The fraction of sp³-hybridized carbons (Fsp3) is 0.450. The van der Waals surface area contributed by atoms with Crippen LogP contribution < -0.4 is 4.74 Å². The van der Waals surface area contributed by atoms with E-state index in [0.29, 0.717) is 29.3 Å². The second kappa shape index (κ2) is 5.40. The molecular weight excluding hydrogens is 304 g/mol. The lowest BCUT2D eigenvalue weighted by atomic mass is 9.82. The number of aromatic hydroxyl groups is 1. The maximum Gasteiger partial charge on any atom is 0.514 e. The van der Waals surface area contributed by atoms with Crippen LogP contribution in [0.5, 0.6) is 11.5 Å². The standard InChI is InChI=1S/C20H22O4/c1-10(2)23-20(22)24-19-14-7-5-4-6-13(14)18(21)17-15-9-12(16(17)19)8-11(15)3/h4-7,10-12,15,21H,8-9H2,1-3H3. The number of phenols is 1. The topological polar surface area (TPSA) is 55.8 Å². The Morgan fingerprint density at radius 1 is 1.17 bits per heavy atom. The Balaban J connectivity index is 1.91.